The van der Waals surface area contributed by atoms with E-state index in [1.807, 2.05) is 48.6 Å². The second kappa shape index (κ2) is 7.95. The molecule has 1 atom stereocenters. The lowest BCUT2D eigenvalue weighted by atomic mass is 9.82. The van der Waals surface area contributed by atoms with Gasteiger partial charge in [-0.15, -0.1) is 0 Å². The first-order valence-electron chi connectivity index (χ1n) is 8.12. The Morgan fingerprint density at radius 2 is 2.21 bits per heavy atom. The first-order valence-corrected chi connectivity index (χ1v) is 8.12. The van der Waals surface area contributed by atoms with Gasteiger partial charge in [0, 0.05) is 12.5 Å². The molecular formula is C19H20BNO3. The predicted octanol–water partition coefficient (Wildman–Crippen LogP) is 3.54. The summed E-state index contributed by atoms with van der Waals surface area (Å²) in [6.07, 6.45) is 9.73. The van der Waals surface area contributed by atoms with E-state index < -0.39 is 7.12 Å². The summed E-state index contributed by atoms with van der Waals surface area (Å²) in [6, 6.07) is 13.0. The summed E-state index contributed by atoms with van der Waals surface area (Å²) in [5, 5.41) is 19.3. The zero-order chi connectivity index (χ0) is 16.8. The summed E-state index contributed by atoms with van der Waals surface area (Å²) in [7, 11) is -0.714. The van der Waals surface area contributed by atoms with E-state index in [1.165, 1.54) is 0 Å². The van der Waals surface area contributed by atoms with E-state index in [0.29, 0.717) is 6.32 Å². The molecule has 0 radical (unpaired) electrons. The van der Waals surface area contributed by atoms with Gasteiger partial charge in [0.2, 0.25) is 0 Å². The third-order valence-electron chi connectivity index (χ3n) is 3.92. The summed E-state index contributed by atoms with van der Waals surface area (Å²) in [4.78, 5) is 4.44. The van der Waals surface area contributed by atoms with Crippen molar-refractivity contribution in [1.29, 1.82) is 0 Å². The van der Waals surface area contributed by atoms with Crippen molar-refractivity contribution in [2.45, 2.75) is 25.3 Å². The van der Waals surface area contributed by atoms with E-state index in [-0.39, 0.29) is 11.9 Å². The van der Waals surface area contributed by atoms with Crippen LogP contribution in [-0.2, 0) is 4.65 Å². The van der Waals surface area contributed by atoms with Crippen molar-refractivity contribution in [2.24, 2.45) is 0 Å². The van der Waals surface area contributed by atoms with Crippen LogP contribution in [0.5, 0.6) is 5.75 Å². The molecule has 0 saturated carbocycles. The average molecular weight is 321 g/mol. The predicted molar refractivity (Wildman–Crippen MR) is 96.2 cm³/mol. The monoisotopic (exact) mass is 321 g/mol. The minimum Gasteiger partial charge on any atom is -0.508 e. The molecule has 0 aliphatic carbocycles. The number of allylic oxidation sites excluding steroid dienone is 2. The maximum atomic E-state index is 9.66. The van der Waals surface area contributed by atoms with Crippen LogP contribution in [0, 0.1) is 0 Å². The van der Waals surface area contributed by atoms with E-state index in [1.54, 1.807) is 18.3 Å². The molecule has 0 saturated heterocycles. The fraction of sp³-hybridized carbons (Fsp3) is 0.211. The van der Waals surface area contributed by atoms with Crippen LogP contribution in [0.4, 0.5) is 0 Å². The Kier molecular flexibility index (Phi) is 5.46. The van der Waals surface area contributed by atoms with Gasteiger partial charge in [0.05, 0.1) is 11.8 Å². The number of hydrogen-bond acceptors (Lipinski definition) is 4. The molecule has 0 bridgehead atoms. The van der Waals surface area contributed by atoms with Gasteiger partial charge in [-0.2, -0.15) is 0 Å². The van der Waals surface area contributed by atoms with Crippen molar-refractivity contribution >= 4 is 18.8 Å². The molecule has 24 heavy (non-hydrogen) atoms. The molecule has 3 rings (SSSR count). The number of phenols is 1. The van der Waals surface area contributed by atoms with Gasteiger partial charge < -0.3 is 14.8 Å². The quantitative estimate of drug-likeness (QED) is 0.653. The molecular weight excluding hydrogens is 301 g/mol. The van der Waals surface area contributed by atoms with Gasteiger partial charge in [0.15, 0.2) is 0 Å². The van der Waals surface area contributed by atoms with Crippen LogP contribution in [0.3, 0.4) is 0 Å². The lowest BCUT2D eigenvalue weighted by Gasteiger charge is -2.20. The van der Waals surface area contributed by atoms with Gasteiger partial charge in [-0.1, -0.05) is 30.4 Å². The van der Waals surface area contributed by atoms with Crippen LogP contribution < -0.4 is 0 Å². The number of aromatic nitrogens is 1. The number of rotatable bonds is 5. The lowest BCUT2D eigenvalue weighted by molar-refractivity contribution is 0.193. The minimum absolute atomic E-state index is 0.0926. The van der Waals surface area contributed by atoms with Crippen molar-refractivity contribution in [2.75, 3.05) is 0 Å². The second-order valence-corrected chi connectivity index (χ2v) is 5.81. The molecule has 0 fully saturated rings. The third-order valence-corrected chi connectivity index (χ3v) is 3.92. The van der Waals surface area contributed by atoms with Crippen molar-refractivity contribution in [3.63, 3.8) is 0 Å². The summed E-state index contributed by atoms with van der Waals surface area (Å²) >= 11 is 0. The van der Waals surface area contributed by atoms with Gasteiger partial charge in [0.25, 0.3) is 0 Å². The van der Waals surface area contributed by atoms with Gasteiger partial charge in [-0.3, -0.25) is 4.98 Å². The Bertz CT molecular complexity index is 730. The van der Waals surface area contributed by atoms with E-state index in [4.69, 9.17) is 4.65 Å². The molecule has 0 spiro atoms. The number of aromatic hydroxyl groups is 1. The van der Waals surface area contributed by atoms with Gasteiger partial charge in [-0.05, 0) is 54.3 Å². The zero-order valence-corrected chi connectivity index (χ0v) is 13.4. The molecule has 5 heteroatoms. The molecule has 1 aliphatic heterocycles. The Hall–Kier alpha value is -2.37. The van der Waals surface area contributed by atoms with Crippen LogP contribution in [0.1, 0.15) is 24.1 Å². The molecule has 2 N–H and O–H groups in total. The summed E-state index contributed by atoms with van der Waals surface area (Å²) < 4.78 is 5.52. The highest BCUT2D eigenvalue weighted by molar-refractivity contribution is 6.43. The van der Waals surface area contributed by atoms with Crippen molar-refractivity contribution in [1.82, 2.24) is 4.98 Å². The highest BCUT2D eigenvalue weighted by atomic mass is 16.5. The number of benzene rings is 1. The smallest absolute Gasteiger partial charge is 0.458 e. The Labute approximate surface area is 142 Å². The molecule has 1 aromatic heterocycles. The van der Waals surface area contributed by atoms with Crippen LogP contribution in [0.25, 0.3) is 11.6 Å². The Balaban J connectivity index is 1.80. The third kappa shape index (κ3) is 4.57. The average Bonchev–Trinajstić information content (AvgIpc) is 2.59. The standard InChI is InChI=1S/C19H20BNO3/c22-17-6-3-5-15(14-17)13-16(19-8-1-2-12-21-19)9-10-18-7-4-11-20(23)24-18/h1-8,12-14,18,22-23H,9-11H2/b16-13-/t18-/m0/s1. The summed E-state index contributed by atoms with van der Waals surface area (Å²) in [5.74, 6) is 0.241. The van der Waals surface area contributed by atoms with E-state index in [2.05, 4.69) is 4.98 Å². The maximum Gasteiger partial charge on any atom is 0.458 e. The molecule has 2 heterocycles. The highest BCUT2D eigenvalue weighted by Gasteiger charge is 2.21. The fourth-order valence-corrected chi connectivity index (χ4v) is 2.75. The molecule has 1 aromatic carbocycles. The second-order valence-electron chi connectivity index (χ2n) is 5.81. The maximum absolute atomic E-state index is 9.66. The molecule has 1 aliphatic rings. The molecule has 0 amide bonds. The number of hydrogen-bond donors (Lipinski definition) is 2. The van der Waals surface area contributed by atoms with Gasteiger partial charge in [0.1, 0.15) is 5.75 Å². The van der Waals surface area contributed by atoms with Crippen LogP contribution >= 0.6 is 0 Å². The van der Waals surface area contributed by atoms with Crippen LogP contribution in [0.15, 0.2) is 60.8 Å². The lowest BCUT2D eigenvalue weighted by Crippen LogP contribution is -2.27. The van der Waals surface area contributed by atoms with Crippen molar-refractivity contribution in [3.8, 4) is 5.75 Å². The first kappa shape index (κ1) is 16.5. The fourth-order valence-electron chi connectivity index (χ4n) is 2.75. The number of phenolic OH excluding ortho intramolecular Hbond substituents is 1. The number of nitrogens with zero attached hydrogens (tertiary/aromatic N) is 1. The molecule has 2 aromatic rings. The highest BCUT2D eigenvalue weighted by Crippen LogP contribution is 2.25. The van der Waals surface area contributed by atoms with Crippen LogP contribution in [-0.4, -0.2) is 28.3 Å². The SMILES string of the molecule is OB1CC=C[C@@H](CC/C(=C/c2cccc(O)c2)c2ccccn2)O1. The summed E-state index contributed by atoms with van der Waals surface area (Å²) in [6.45, 7) is 0. The van der Waals surface area contributed by atoms with E-state index >= 15 is 0 Å². The topological polar surface area (TPSA) is 62.6 Å². The Morgan fingerprint density at radius 1 is 1.29 bits per heavy atom. The van der Waals surface area contributed by atoms with E-state index in [0.717, 1.165) is 29.7 Å². The van der Waals surface area contributed by atoms with Gasteiger partial charge >= 0.3 is 7.12 Å². The van der Waals surface area contributed by atoms with E-state index in [9.17, 15) is 10.1 Å². The van der Waals surface area contributed by atoms with Gasteiger partial charge in [-0.25, -0.2) is 0 Å². The zero-order valence-electron chi connectivity index (χ0n) is 13.4. The minimum atomic E-state index is -0.714. The molecule has 0 unspecified atom stereocenters. The van der Waals surface area contributed by atoms with Crippen LogP contribution in [0.2, 0.25) is 6.32 Å². The molecule has 4 nitrogen and oxygen atoms in total. The van der Waals surface area contributed by atoms with Crippen molar-refractivity contribution in [3.05, 3.63) is 72.1 Å². The first-order chi connectivity index (χ1) is 11.7. The van der Waals surface area contributed by atoms with Crippen molar-refractivity contribution < 1.29 is 14.8 Å². The number of pyridine rings is 1. The normalized spacial score (nSPS) is 18.0. The molecule has 122 valence electrons. The summed E-state index contributed by atoms with van der Waals surface area (Å²) in [5.41, 5.74) is 2.90. The Morgan fingerprint density at radius 3 is 2.96 bits per heavy atom. The largest absolute Gasteiger partial charge is 0.508 e.